The first-order valence-corrected chi connectivity index (χ1v) is 10.3. The number of fused-ring (bicyclic) bond motifs is 1. The van der Waals surface area contributed by atoms with Crippen LogP contribution in [-0.4, -0.2) is 66.3 Å². The Balaban J connectivity index is 1.49. The van der Waals surface area contributed by atoms with E-state index in [0.29, 0.717) is 30.1 Å². The van der Waals surface area contributed by atoms with Gasteiger partial charge in [0, 0.05) is 32.0 Å². The standard InChI is InChI=1S/C17H24FN5O2S/c1-19-15-12(18)6-21-16(22-15)23-7-11-10(5-20-14(24)8-26-2)13-3-4-17(11,9-23)25-13/h6,10-11,13H,3-5,7-9H2,1-2H3,(H,20,24)(H,19,21,22)/t10-,11+,13+,17+/m0/s1. The third-order valence-electron chi connectivity index (χ3n) is 5.85. The molecule has 3 saturated heterocycles. The number of hydrogen-bond donors (Lipinski definition) is 2. The smallest absolute Gasteiger partial charge is 0.229 e. The second kappa shape index (κ2) is 6.84. The van der Waals surface area contributed by atoms with Crippen molar-refractivity contribution in [3.63, 3.8) is 0 Å². The van der Waals surface area contributed by atoms with Gasteiger partial charge in [-0.3, -0.25) is 4.79 Å². The molecule has 9 heteroatoms. The molecule has 4 atom stereocenters. The van der Waals surface area contributed by atoms with Crippen LogP contribution in [-0.2, 0) is 9.53 Å². The van der Waals surface area contributed by atoms with E-state index in [1.807, 2.05) is 6.26 Å². The minimum Gasteiger partial charge on any atom is -0.371 e. The summed E-state index contributed by atoms with van der Waals surface area (Å²) in [4.78, 5) is 22.4. The summed E-state index contributed by atoms with van der Waals surface area (Å²) in [6.07, 6.45) is 5.40. The average molecular weight is 381 g/mol. The number of anilines is 2. The average Bonchev–Trinajstić information content (AvgIpc) is 3.29. The number of ether oxygens (including phenoxy) is 1. The Labute approximate surface area is 156 Å². The molecule has 4 heterocycles. The van der Waals surface area contributed by atoms with Crippen LogP contribution in [0.3, 0.4) is 0 Å². The van der Waals surface area contributed by atoms with Crippen molar-refractivity contribution < 1.29 is 13.9 Å². The fraction of sp³-hybridized carbons (Fsp3) is 0.706. The van der Waals surface area contributed by atoms with Crippen LogP contribution in [0, 0.1) is 17.7 Å². The molecular weight excluding hydrogens is 357 g/mol. The zero-order valence-corrected chi connectivity index (χ0v) is 15.8. The van der Waals surface area contributed by atoms with Crippen molar-refractivity contribution in [3.05, 3.63) is 12.0 Å². The van der Waals surface area contributed by atoms with Crippen LogP contribution in [0.2, 0.25) is 0 Å². The summed E-state index contributed by atoms with van der Waals surface area (Å²) in [5, 5.41) is 5.81. The predicted octanol–water partition coefficient (Wildman–Crippen LogP) is 1.12. The highest BCUT2D eigenvalue weighted by Crippen LogP contribution is 2.55. The molecular formula is C17H24FN5O2S. The molecule has 1 amide bonds. The molecule has 2 N–H and O–H groups in total. The molecule has 7 nitrogen and oxygen atoms in total. The lowest BCUT2D eigenvalue weighted by molar-refractivity contribution is -0.118. The maximum absolute atomic E-state index is 13.7. The van der Waals surface area contributed by atoms with Gasteiger partial charge in [0.25, 0.3) is 0 Å². The normalized spacial score (nSPS) is 32.0. The largest absolute Gasteiger partial charge is 0.371 e. The maximum Gasteiger partial charge on any atom is 0.229 e. The molecule has 3 aliphatic rings. The van der Waals surface area contributed by atoms with E-state index in [9.17, 15) is 9.18 Å². The van der Waals surface area contributed by atoms with Gasteiger partial charge in [-0.15, -0.1) is 0 Å². The van der Waals surface area contributed by atoms with Crippen molar-refractivity contribution in [1.82, 2.24) is 15.3 Å². The Hall–Kier alpha value is -1.61. The molecule has 1 aromatic heterocycles. The number of rotatable bonds is 6. The number of aromatic nitrogens is 2. The molecule has 0 aromatic carbocycles. The molecule has 1 spiro atoms. The molecule has 0 unspecified atom stereocenters. The zero-order valence-electron chi connectivity index (χ0n) is 15.0. The van der Waals surface area contributed by atoms with Gasteiger partial charge in [-0.1, -0.05) is 0 Å². The van der Waals surface area contributed by atoms with Crippen molar-refractivity contribution >= 4 is 29.4 Å². The third-order valence-corrected chi connectivity index (χ3v) is 6.40. The number of hydrogen-bond acceptors (Lipinski definition) is 7. The van der Waals surface area contributed by atoms with Crippen molar-refractivity contribution in [1.29, 1.82) is 0 Å². The van der Waals surface area contributed by atoms with E-state index in [0.717, 1.165) is 25.9 Å². The molecule has 3 aliphatic heterocycles. The number of nitrogens with one attached hydrogen (secondary N) is 2. The minimum absolute atomic E-state index is 0.0738. The molecule has 1 aromatic rings. The summed E-state index contributed by atoms with van der Waals surface area (Å²) >= 11 is 1.52. The minimum atomic E-state index is -0.458. The highest BCUT2D eigenvalue weighted by Gasteiger charge is 2.63. The number of amides is 1. The maximum atomic E-state index is 13.7. The first-order chi connectivity index (χ1) is 12.6. The second-order valence-corrected chi connectivity index (χ2v) is 8.13. The summed E-state index contributed by atoms with van der Waals surface area (Å²) in [6, 6.07) is 0. The fourth-order valence-corrected chi connectivity index (χ4v) is 5.08. The molecule has 4 rings (SSSR count). The van der Waals surface area contributed by atoms with Gasteiger partial charge in [0.1, 0.15) is 0 Å². The quantitative estimate of drug-likeness (QED) is 0.764. The first-order valence-electron chi connectivity index (χ1n) is 8.95. The molecule has 142 valence electrons. The van der Waals surface area contributed by atoms with Gasteiger partial charge in [-0.25, -0.2) is 9.37 Å². The van der Waals surface area contributed by atoms with Gasteiger partial charge >= 0.3 is 0 Å². The molecule has 3 fully saturated rings. The summed E-state index contributed by atoms with van der Waals surface area (Å²) < 4.78 is 20.0. The van der Waals surface area contributed by atoms with Crippen LogP contribution in [0.4, 0.5) is 16.2 Å². The van der Waals surface area contributed by atoms with E-state index in [1.165, 1.54) is 18.0 Å². The Morgan fingerprint density at radius 3 is 3.19 bits per heavy atom. The van der Waals surface area contributed by atoms with Crippen LogP contribution in [0.25, 0.3) is 0 Å². The lowest BCUT2D eigenvalue weighted by Gasteiger charge is -2.29. The van der Waals surface area contributed by atoms with Crippen LogP contribution in [0.1, 0.15) is 12.8 Å². The van der Waals surface area contributed by atoms with Gasteiger partial charge < -0.3 is 20.3 Å². The number of carbonyl (C=O) groups excluding carboxylic acids is 1. The van der Waals surface area contributed by atoms with Gasteiger partial charge in [0.05, 0.1) is 30.2 Å². The Bertz CT molecular complexity index is 708. The van der Waals surface area contributed by atoms with Gasteiger partial charge in [0.15, 0.2) is 11.6 Å². The van der Waals surface area contributed by atoms with Crippen molar-refractivity contribution in [2.24, 2.45) is 11.8 Å². The van der Waals surface area contributed by atoms with E-state index in [2.05, 4.69) is 25.5 Å². The summed E-state index contributed by atoms with van der Waals surface area (Å²) in [5.74, 6) is 1.47. The Morgan fingerprint density at radius 2 is 2.42 bits per heavy atom. The molecule has 26 heavy (non-hydrogen) atoms. The van der Waals surface area contributed by atoms with Gasteiger partial charge in [0.2, 0.25) is 11.9 Å². The van der Waals surface area contributed by atoms with E-state index >= 15 is 0 Å². The number of halogens is 1. The van der Waals surface area contributed by atoms with Crippen molar-refractivity contribution in [2.75, 3.05) is 48.9 Å². The topological polar surface area (TPSA) is 79.4 Å². The SMILES string of the molecule is CNc1nc(N2C[C@@H]3[C@H](CNC(=O)CSC)[C@H]4CC[C@]3(C2)O4)ncc1F. The molecule has 0 aliphatic carbocycles. The highest BCUT2D eigenvalue weighted by molar-refractivity contribution is 7.99. The second-order valence-electron chi connectivity index (χ2n) is 7.26. The van der Waals surface area contributed by atoms with Crippen LogP contribution >= 0.6 is 11.8 Å². The van der Waals surface area contributed by atoms with E-state index in [1.54, 1.807) is 7.05 Å². The van der Waals surface area contributed by atoms with Gasteiger partial charge in [-0.05, 0) is 19.1 Å². The van der Waals surface area contributed by atoms with E-state index < -0.39 is 5.82 Å². The Kier molecular flexibility index (Phi) is 4.68. The molecule has 0 saturated carbocycles. The zero-order chi connectivity index (χ0) is 18.3. The predicted molar refractivity (Wildman–Crippen MR) is 99.0 cm³/mol. The summed E-state index contributed by atoms with van der Waals surface area (Å²) in [7, 11) is 1.64. The number of nitrogens with zero attached hydrogens (tertiary/aromatic N) is 3. The van der Waals surface area contributed by atoms with Crippen LogP contribution in [0.5, 0.6) is 0 Å². The number of carbonyl (C=O) groups is 1. The summed E-state index contributed by atoms with van der Waals surface area (Å²) in [5.41, 5.74) is -0.183. The molecule has 2 bridgehead atoms. The van der Waals surface area contributed by atoms with E-state index in [4.69, 9.17) is 4.74 Å². The number of thioether (sulfide) groups is 1. The fourth-order valence-electron chi connectivity index (χ4n) is 4.72. The Morgan fingerprint density at radius 1 is 1.58 bits per heavy atom. The first kappa shape index (κ1) is 17.8. The van der Waals surface area contributed by atoms with Crippen LogP contribution in [0.15, 0.2) is 6.20 Å². The van der Waals surface area contributed by atoms with Crippen molar-refractivity contribution in [3.8, 4) is 0 Å². The third kappa shape index (κ3) is 2.90. The van der Waals surface area contributed by atoms with Gasteiger partial charge in [-0.2, -0.15) is 16.7 Å². The summed E-state index contributed by atoms with van der Waals surface area (Å²) in [6.45, 7) is 2.14. The molecule has 0 radical (unpaired) electrons. The lowest BCUT2D eigenvalue weighted by atomic mass is 9.73. The monoisotopic (exact) mass is 381 g/mol. The van der Waals surface area contributed by atoms with Crippen LogP contribution < -0.4 is 15.5 Å². The van der Waals surface area contributed by atoms with E-state index in [-0.39, 0.29) is 23.4 Å². The lowest BCUT2D eigenvalue weighted by Crippen LogP contribution is -2.42. The highest BCUT2D eigenvalue weighted by atomic mass is 32.2. The van der Waals surface area contributed by atoms with Crippen molar-refractivity contribution in [2.45, 2.75) is 24.5 Å².